The average molecular weight is 299 g/mol. The van der Waals surface area contributed by atoms with E-state index in [9.17, 15) is 4.79 Å². The molecule has 0 N–H and O–H groups in total. The van der Waals surface area contributed by atoms with E-state index < -0.39 is 0 Å². The molecule has 0 aromatic rings. The summed E-state index contributed by atoms with van der Waals surface area (Å²) in [6.45, 7) is 4.73. The van der Waals surface area contributed by atoms with E-state index in [-0.39, 0.29) is 0 Å². The fourth-order valence-electron chi connectivity index (χ4n) is 4.46. The molecule has 17 heavy (non-hydrogen) atoms. The van der Waals surface area contributed by atoms with Gasteiger partial charge in [-0.3, -0.25) is 0 Å². The number of hydrogen-bond donors (Lipinski definition) is 0. The van der Waals surface area contributed by atoms with Gasteiger partial charge in [-0.25, -0.2) is 0 Å². The summed E-state index contributed by atoms with van der Waals surface area (Å²) in [6.07, 6.45) is 8.39. The van der Waals surface area contributed by atoms with Crippen LogP contribution in [0.2, 0.25) is 0 Å². The molecule has 0 amide bonds. The van der Waals surface area contributed by atoms with Gasteiger partial charge in [-0.2, -0.15) is 0 Å². The lowest BCUT2D eigenvalue weighted by molar-refractivity contribution is -0.109. The number of rotatable bonds is 3. The van der Waals surface area contributed by atoms with Gasteiger partial charge < -0.3 is 4.79 Å². The monoisotopic (exact) mass is 298 g/mol. The summed E-state index contributed by atoms with van der Waals surface area (Å²) in [5.41, 5.74) is 2.06. The molecule has 0 heterocycles. The van der Waals surface area contributed by atoms with Crippen molar-refractivity contribution in [3.63, 3.8) is 0 Å². The largest absolute Gasteiger partial charge is 0.303 e. The van der Waals surface area contributed by atoms with Crippen LogP contribution >= 0.6 is 15.9 Å². The van der Waals surface area contributed by atoms with Crippen LogP contribution in [0.1, 0.15) is 52.4 Å². The maximum Gasteiger partial charge on any atom is 0.120 e. The maximum absolute atomic E-state index is 10.7. The Kier molecular flexibility index (Phi) is 4.12. The Labute approximate surface area is 113 Å². The summed E-state index contributed by atoms with van der Waals surface area (Å²) >= 11 is 3.54. The van der Waals surface area contributed by atoms with Crippen LogP contribution in [0.4, 0.5) is 0 Å². The predicted molar refractivity (Wildman–Crippen MR) is 75.0 cm³/mol. The lowest BCUT2D eigenvalue weighted by Gasteiger charge is -2.44. The van der Waals surface area contributed by atoms with Crippen LogP contribution in [0.25, 0.3) is 0 Å². The molecular weight excluding hydrogens is 276 g/mol. The summed E-state index contributed by atoms with van der Waals surface area (Å²) < 4.78 is 0. The third kappa shape index (κ3) is 2.25. The first kappa shape index (κ1) is 13.3. The summed E-state index contributed by atoms with van der Waals surface area (Å²) in [7, 11) is 0. The van der Waals surface area contributed by atoms with E-state index >= 15 is 0 Å². The van der Waals surface area contributed by atoms with Gasteiger partial charge in [-0.15, -0.1) is 0 Å². The van der Waals surface area contributed by atoms with Gasteiger partial charge in [0.15, 0.2) is 0 Å². The van der Waals surface area contributed by atoms with Crippen molar-refractivity contribution in [1.82, 2.24) is 0 Å². The Morgan fingerprint density at radius 2 is 2.29 bits per heavy atom. The number of hydrogen-bond acceptors (Lipinski definition) is 1. The number of carbonyl (C=O) groups excluding carboxylic acids is 1. The zero-order chi connectivity index (χ0) is 12.5. The highest BCUT2D eigenvalue weighted by Crippen LogP contribution is 2.59. The van der Waals surface area contributed by atoms with E-state index in [4.69, 9.17) is 0 Å². The molecule has 0 radical (unpaired) electrons. The summed E-state index contributed by atoms with van der Waals surface area (Å²) in [6, 6.07) is 0. The Balaban J connectivity index is 2.20. The Bertz CT molecular complexity index is 323. The Morgan fingerprint density at radius 3 is 2.94 bits per heavy atom. The van der Waals surface area contributed by atoms with Gasteiger partial charge >= 0.3 is 0 Å². The highest BCUT2D eigenvalue weighted by molar-refractivity contribution is 9.11. The molecule has 0 aliphatic heterocycles. The zero-order valence-corrected chi connectivity index (χ0v) is 12.5. The number of allylic oxidation sites excluding steroid dienone is 1. The van der Waals surface area contributed by atoms with Crippen LogP contribution in [0.3, 0.4) is 0 Å². The molecule has 2 aliphatic rings. The fourth-order valence-corrected chi connectivity index (χ4v) is 5.01. The van der Waals surface area contributed by atoms with Crippen molar-refractivity contribution in [3.05, 3.63) is 10.6 Å². The summed E-state index contributed by atoms with van der Waals surface area (Å²) in [5, 5.41) is 0. The molecule has 4 atom stereocenters. The van der Waals surface area contributed by atoms with Crippen LogP contribution in [0.5, 0.6) is 0 Å². The lowest BCUT2D eigenvalue weighted by atomic mass is 9.61. The van der Waals surface area contributed by atoms with Gasteiger partial charge in [-0.1, -0.05) is 35.4 Å². The van der Waals surface area contributed by atoms with E-state index in [1.807, 2.05) is 0 Å². The smallest absolute Gasteiger partial charge is 0.120 e. The highest BCUT2D eigenvalue weighted by Gasteiger charge is 2.50. The Hall–Kier alpha value is -0.110. The van der Waals surface area contributed by atoms with E-state index in [0.29, 0.717) is 11.3 Å². The molecule has 2 fully saturated rings. The molecular formula is C15H23BrO. The molecule has 0 aromatic carbocycles. The van der Waals surface area contributed by atoms with Gasteiger partial charge in [0.1, 0.15) is 6.29 Å². The molecule has 96 valence electrons. The number of carbonyl (C=O) groups is 1. The minimum absolute atomic E-state index is 0.445. The second kappa shape index (κ2) is 5.26. The van der Waals surface area contributed by atoms with Crippen molar-refractivity contribution in [2.45, 2.75) is 52.4 Å². The second-order valence-electron chi connectivity index (χ2n) is 6.16. The van der Waals surface area contributed by atoms with Gasteiger partial charge in [0, 0.05) is 6.42 Å². The van der Waals surface area contributed by atoms with Crippen LogP contribution in [0, 0.1) is 23.2 Å². The minimum Gasteiger partial charge on any atom is -0.303 e. The van der Waals surface area contributed by atoms with Crippen molar-refractivity contribution in [2.75, 3.05) is 0 Å². The number of halogens is 1. The first-order valence-corrected chi connectivity index (χ1v) is 7.78. The third-order valence-electron chi connectivity index (χ3n) is 5.33. The van der Waals surface area contributed by atoms with Gasteiger partial charge in [0.25, 0.3) is 0 Å². The van der Waals surface area contributed by atoms with E-state index in [1.165, 1.54) is 32.1 Å². The standard InChI is InChI=1S/C15H23BrO/c1-11(7-9-17)13-5-6-14-12(10-16)4-3-8-15(13,14)2/h9-11,13-14H,3-8H2,1-2H3/b12-10+/t11-,13-,14?,15-/m1/s1. The predicted octanol–water partition coefficient (Wildman–Crippen LogP) is 4.71. The second-order valence-corrected chi connectivity index (χ2v) is 6.62. The summed E-state index contributed by atoms with van der Waals surface area (Å²) in [4.78, 5) is 12.9. The highest BCUT2D eigenvalue weighted by atomic mass is 79.9. The van der Waals surface area contributed by atoms with Crippen LogP contribution in [-0.4, -0.2) is 6.29 Å². The molecule has 0 saturated heterocycles. The first-order valence-electron chi connectivity index (χ1n) is 6.86. The van der Waals surface area contributed by atoms with Crippen molar-refractivity contribution < 1.29 is 4.79 Å². The molecule has 0 aromatic heterocycles. The quantitative estimate of drug-likeness (QED) is 0.690. The van der Waals surface area contributed by atoms with Crippen molar-refractivity contribution >= 4 is 22.2 Å². The van der Waals surface area contributed by atoms with Crippen LogP contribution in [0.15, 0.2) is 10.6 Å². The Morgan fingerprint density at radius 1 is 1.53 bits per heavy atom. The molecule has 2 heteroatoms. The van der Waals surface area contributed by atoms with E-state index in [0.717, 1.165) is 24.5 Å². The molecule has 2 saturated carbocycles. The normalized spacial score (nSPS) is 41.2. The molecule has 2 aliphatic carbocycles. The SMILES string of the molecule is C[C@H](CC=O)[C@H]1CCC2/C(=C/Br)CCC[C@@]21C. The van der Waals surface area contributed by atoms with Crippen LogP contribution in [-0.2, 0) is 4.79 Å². The van der Waals surface area contributed by atoms with Gasteiger partial charge in [0.05, 0.1) is 0 Å². The minimum atomic E-state index is 0.445. The van der Waals surface area contributed by atoms with Crippen LogP contribution < -0.4 is 0 Å². The molecule has 0 bridgehead atoms. The topological polar surface area (TPSA) is 17.1 Å². The average Bonchev–Trinajstić information content (AvgIpc) is 2.66. The molecule has 0 spiro atoms. The van der Waals surface area contributed by atoms with E-state index in [1.54, 1.807) is 5.57 Å². The van der Waals surface area contributed by atoms with Gasteiger partial charge in [0.2, 0.25) is 0 Å². The third-order valence-corrected chi connectivity index (χ3v) is 5.92. The van der Waals surface area contributed by atoms with Crippen molar-refractivity contribution in [2.24, 2.45) is 23.2 Å². The molecule has 1 unspecified atom stereocenters. The van der Waals surface area contributed by atoms with E-state index in [2.05, 4.69) is 34.8 Å². The lowest BCUT2D eigenvalue weighted by Crippen LogP contribution is -2.36. The zero-order valence-electron chi connectivity index (χ0n) is 10.9. The number of fused-ring (bicyclic) bond motifs is 1. The summed E-state index contributed by atoms with van der Waals surface area (Å²) in [5.74, 6) is 2.05. The first-order chi connectivity index (χ1) is 8.13. The molecule has 1 nitrogen and oxygen atoms in total. The number of aldehydes is 1. The maximum atomic E-state index is 10.7. The van der Waals surface area contributed by atoms with Crippen molar-refractivity contribution in [1.29, 1.82) is 0 Å². The fraction of sp³-hybridized carbons (Fsp3) is 0.800. The van der Waals surface area contributed by atoms with Crippen molar-refractivity contribution in [3.8, 4) is 0 Å². The molecule has 2 rings (SSSR count). The van der Waals surface area contributed by atoms with Gasteiger partial charge in [-0.05, 0) is 60.3 Å².